The van der Waals surface area contributed by atoms with Gasteiger partial charge < -0.3 is 20.1 Å². The summed E-state index contributed by atoms with van der Waals surface area (Å²) in [5.74, 6) is 0.898. The number of nitrogens with one attached hydrogen (secondary N) is 2. The van der Waals surface area contributed by atoms with Crippen molar-refractivity contribution < 1.29 is 19.1 Å². The van der Waals surface area contributed by atoms with Gasteiger partial charge in [0.25, 0.3) is 11.8 Å². The molecule has 0 atom stereocenters. The number of ether oxygens (including phenoxy) is 2. The first-order valence-corrected chi connectivity index (χ1v) is 11.5. The van der Waals surface area contributed by atoms with Crippen molar-refractivity contribution in [3.8, 4) is 11.5 Å². The molecule has 0 radical (unpaired) electrons. The van der Waals surface area contributed by atoms with Gasteiger partial charge in [0.15, 0.2) is 11.8 Å². The van der Waals surface area contributed by atoms with Gasteiger partial charge in [-0.1, -0.05) is 30.3 Å². The Kier molecular flexibility index (Phi) is 7.62. The molecule has 4 rings (SSSR count). The first-order chi connectivity index (χ1) is 16.6. The van der Waals surface area contributed by atoms with Gasteiger partial charge >= 0.3 is 0 Å². The molecule has 8 heteroatoms. The largest absolute Gasteiger partial charge is 0.494 e. The van der Waals surface area contributed by atoms with Crippen LogP contribution in [0.5, 0.6) is 11.5 Å². The van der Waals surface area contributed by atoms with Crippen LogP contribution >= 0.6 is 11.8 Å². The van der Waals surface area contributed by atoms with Crippen molar-refractivity contribution in [1.82, 2.24) is 5.32 Å². The fraction of sp³-hybridized carbons (Fsp3) is 0.115. The van der Waals surface area contributed by atoms with Crippen LogP contribution in [0.4, 0.5) is 11.4 Å². The van der Waals surface area contributed by atoms with Crippen molar-refractivity contribution in [2.24, 2.45) is 4.99 Å². The van der Waals surface area contributed by atoms with Gasteiger partial charge in [0, 0.05) is 5.69 Å². The van der Waals surface area contributed by atoms with Crippen LogP contribution in [0.2, 0.25) is 0 Å². The van der Waals surface area contributed by atoms with E-state index in [0.29, 0.717) is 22.4 Å². The minimum Gasteiger partial charge on any atom is -0.494 e. The van der Waals surface area contributed by atoms with E-state index < -0.39 is 0 Å². The molecule has 0 aromatic heterocycles. The number of hydrogen-bond donors (Lipinski definition) is 2. The molecule has 0 spiro atoms. The van der Waals surface area contributed by atoms with Crippen LogP contribution in [-0.2, 0) is 9.59 Å². The van der Waals surface area contributed by atoms with E-state index in [0.717, 1.165) is 22.7 Å². The molecule has 34 heavy (non-hydrogen) atoms. The zero-order valence-corrected chi connectivity index (χ0v) is 19.3. The lowest BCUT2D eigenvalue weighted by atomic mass is 10.2. The molecule has 1 aliphatic heterocycles. The minimum atomic E-state index is -0.240. The molecule has 2 N–H and O–H groups in total. The van der Waals surface area contributed by atoms with E-state index >= 15 is 0 Å². The maximum Gasteiger partial charge on any atom is 0.264 e. The molecule has 1 saturated heterocycles. The molecular formula is C26H23N3O4S. The zero-order chi connectivity index (χ0) is 23.8. The number of thioether (sulfide) groups is 1. The number of para-hydroxylation sites is 1. The summed E-state index contributed by atoms with van der Waals surface area (Å²) < 4.78 is 11.0. The number of rotatable bonds is 8. The summed E-state index contributed by atoms with van der Waals surface area (Å²) in [6.07, 6.45) is 1.78. The quantitative estimate of drug-likeness (QED) is 0.450. The van der Waals surface area contributed by atoms with Gasteiger partial charge in [0.2, 0.25) is 0 Å². The van der Waals surface area contributed by atoms with Crippen molar-refractivity contribution in [2.75, 3.05) is 18.5 Å². The molecule has 3 aromatic rings. The summed E-state index contributed by atoms with van der Waals surface area (Å²) in [6, 6.07) is 23.7. The fourth-order valence-corrected chi connectivity index (χ4v) is 3.90. The molecule has 172 valence electrons. The maximum absolute atomic E-state index is 12.3. The van der Waals surface area contributed by atoms with Crippen LogP contribution < -0.4 is 20.1 Å². The molecule has 0 saturated carbocycles. The second-order valence-corrected chi connectivity index (χ2v) is 8.21. The average molecular weight is 474 g/mol. The lowest BCUT2D eigenvalue weighted by Gasteiger charge is -2.07. The molecule has 3 aromatic carbocycles. The Morgan fingerprint density at radius 1 is 0.971 bits per heavy atom. The highest BCUT2D eigenvalue weighted by Gasteiger charge is 2.23. The number of aliphatic imine (C=N–C) groups is 1. The highest BCUT2D eigenvalue weighted by atomic mass is 32.2. The first kappa shape index (κ1) is 23.1. The maximum atomic E-state index is 12.3. The summed E-state index contributed by atoms with van der Waals surface area (Å²) in [5.41, 5.74) is 2.28. The highest BCUT2D eigenvalue weighted by Crippen LogP contribution is 2.29. The van der Waals surface area contributed by atoms with Crippen LogP contribution in [0.3, 0.4) is 0 Å². The van der Waals surface area contributed by atoms with E-state index in [2.05, 4.69) is 15.6 Å². The van der Waals surface area contributed by atoms with Gasteiger partial charge in [0.05, 0.1) is 17.2 Å². The second kappa shape index (κ2) is 11.2. The highest BCUT2D eigenvalue weighted by molar-refractivity contribution is 8.18. The van der Waals surface area contributed by atoms with Gasteiger partial charge in [-0.15, -0.1) is 0 Å². The number of anilines is 1. The zero-order valence-electron chi connectivity index (χ0n) is 18.5. The summed E-state index contributed by atoms with van der Waals surface area (Å²) in [5, 5.41) is 6.07. The normalized spacial score (nSPS) is 15.3. The summed E-state index contributed by atoms with van der Waals surface area (Å²) in [7, 11) is 0. The lowest BCUT2D eigenvalue weighted by molar-refractivity contribution is -0.118. The van der Waals surface area contributed by atoms with Crippen molar-refractivity contribution in [2.45, 2.75) is 6.92 Å². The molecular weight excluding hydrogens is 450 g/mol. The topological polar surface area (TPSA) is 89.0 Å². The van der Waals surface area contributed by atoms with Gasteiger partial charge in [-0.05, 0) is 78.9 Å². The van der Waals surface area contributed by atoms with E-state index in [4.69, 9.17) is 9.47 Å². The number of amides is 2. The number of hydrogen-bond acceptors (Lipinski definition) is 6. The summed E-state index contributed by atoms with van der Waals surface area (Å²) in [4.78, 5) is 29.4. The molecule has 0 bridgehead atoms. The monoisotopic (exact) mass is 473 g/mol. The van der Waals surface area contributed by atoms with Crippen LogP contribution in [0.1, 0.15) is 12.5 Å². The minimum absolute atomic E-state index is 0.0983. The predicted molar refractivity (Wildman–Crippen MR) is 135 cm³/mol. The summed E-state index contributed by atoms with van der Waals surface area (Å²) >= 11 is 1.28. The van der Waals surface area contributed by atoms with E-state index in [1.807, 2.05) is 73.7 Å². The Hall–Kier alpha value is -4.04. The first-order valence-electron chi connectivity index (χ1n) is 10.7. The van der Waals surface area contributed by atoms with E-state index in [9.17, 15) is 9.59 Å². The fourth-order valence-electron chi connectivity index (χ4n) is 3.06. The van der Waals surface area contributed by atoms with Gasteiger partial charge in [-0.2, -0.15) is 0 Å². The molecule has 1 heterocycles. The van der Waals surface area contributed by atoms with Gasteiger partial charge in [-0.25, -0.2) is 4.99 Å². The second-order valence-electron chi connectivity index (χ2n) is 7.18. The Morgan fingerprint density at radius 3 is 2.35 bits per heavy atom. The Morgan fingerprint density at radius 2 is 1.65 bits per heavy atom. The van der Waals surface area contributed by atoms with Crippen molar-refractivity contribution in [1.29, 1.82) is 0 Å². The van der Waals surface area contributed by atoms with Crippen molar-refractivity contribution in [3.05, 3.63) is 89.3 Å². The van der Waals surface area contributed by atoms with Crippen LogP contribution in [0.25, 0.3) is 6.08 Å². The molecule has 1 aliphatic rings. The smallest absolute Gasteiger partial charge is 0.264 e. The third-order valence-electron chi connectivity index (χ3n) is 4.63. The third-order valence-corrected chi connectivity index (χ3v) is 5.54. The number of nitrogens with zero attached hydrogens (tertiary/aromatic N) is 1. The SMILES string of the molecule is CCOc1ccc(N=C2NC(=O)/C(=C\c3ccc(OCC(=O)Nc4ccccc4)cc3)S2)cc1. The molecule has 0 unspecified atom stereocenters. The van der Waals surface area contributed by atoms with Gasteiger partial charge in [0.1, 0.15) is 11.5 Å². The predicted octanol–water partition coefficient (Wildman–Crippen LogP) is 4.99. The summed E-state index contributed by atoms with van der Waals surface area (Å²) in [6.45, 7) is 2.43. The number of amidine groups is 1. The average Bonchev–Trinajstić information content (AvgIpc) is 3.19. The lowest BCUT2D eigenvalue weighted by Crippen LogP contribution is -2.20. The Balaban J connectivity index is 1.32. The Labute approximate surface area is 201 Å². The molecule has 7 nitrogen and oxygen atoms in total. The van der Waals surface area contributed by atoms with Crippen molar-refractivity contribution in [3.63, 3.8) is 0 Å². The van der Waals surface area contributed by atoms with E-state index in [1.165, 1.54) is 11.8 Å². The standard InChI is InChI=1S/C26H23N3O4S/c1-2-32-21-14-10-20(11-15-21)28-26-29-25(31)23(34-26)16-18-8-12-22(13-9-18)33-17-24(30)27-19-6-4-3-5-7-19/h3-16H,2,17H2,1H3,(H,27,30)(H,28,29,31)/b23-16+. The van der Waals surface area contributed by atoms with Crippen LogP contribution in [0, 0.1) is 0 Å². The molecule has 2 amide bonds. The number of carbonyl (C=O) groups is 2. The Bertz CT molecular complexity index is 1210. The van der Waals surface area contributed by atoms with Crippen LogP contribution in [0.15, 0.2) is 88.8 Å². The van der Waals surface area contributed by atoms with Crippen molar-refractivity contribution >= 4 is 46.2 Å². The molecule has 0 aliphatic carbocycles. The van der Waals surface area contributed by atoms with Crippen LogP contribution in [-0.4, -0.2) is 30.2 Å². The molecule has 1 fully saturated rings. The van der Waals surface area contributed by atoms with E-state index in [-0.39, 0.29) is 18.4 Å². The number of carbonyl (C=O) groups excluding carboxylic acids is 2. The van der Waals surface area contributed by atoms with Gasteiger partial charge in [-0.3, -0.25) is 9.59 Å². The third kappa shape index (κ3) is 6.49. The van der Waals surface area contributed by atoms with E-state index in [1.54, 1.807) is 18.2 Å². The number of benzene rings is 3.